The van der Waals surface area contributed by atoms with E-state index in [1.165, 1.54) is 0 Å². The van der Waals surface area contributed by atoms with Crippen LogP contribution >= 0.6 is 11.3 Å². The average Bonchev–Trinajstić information content (AvgIpc) is 3.44. The highest BCUT2D eigenvalue weighted by Crippen LogP contribution is 2.25. The van der Waals surface area contributed by atoms with Gasteiger partial charge in [0.25, 0.3) is 5.91 Å². The van der Waals surface area contributed by atoms with Gasteiger partial charge >= 0.3 is 0 Å². The molecule has 2 aliphatic rings. The van der Waals surface area contributed by atoms with Crippen molar-refractivity contribution in [3.8, 4) is 0 Å². The van der Waals surface area contributed by atoms with Crippen molar-refractivity contribution in [1.29, 1.82) is 0 Å². The van der Waals surface area contributed by atoms with Gasteiger partial charge < -0.3 is 15.1 Å². The fraction of sp³-hybridized carbons (Fsp3) is 0.545. The molecule has 4 heterocycles. The van der Waals surface area contributed by atoms with E-state index in [0.717, 1.165) is 48.5 Å². The van der Waals surface area contributed by atoms with Crippen molar-refractivity contribution in [2.45, 2.75) is 51.6 Å². The van der Waals surface area contributed by atoms with Gasteiger partial charge in [-0.3, -0.25) is 19.1 Å². The summed E-state index contributed by atoms with van der Waals surface area (Å²) in [5, 5.41) is 9.34. The van der Waals surface area contributed by atoms with E-state index in [1.807, 2.05) is 29.5 Å². The second-order valence-corrected chi connectivity index (χ2v) is 9.20. The smallest absolute Gasteiger partial charge is 0.274 e. The summed E-state index contributed by atoms with van der Waals surface area (Å²) in [7, 11) is 1.86. The molecule has 4 rings (SSSR count). The molecule has 3 amide bonds. The number of hydrogen-bond acceptors (Lipinski definition) is 5. The first kappa shape index (κ1) is 21.5. The van der Waals surface area contributed by atoms with Crippen LogP contribution in [0.1, 0.15) is 58.7 Å². The van der Waals surface area contributed by atoms with E-state index in [2.05, 4.69) is 10.4 Å². The Hall–Kier alpha value is -2.68. The minimum atomic E-state index is -0.123. The molecule has 0 saturated carbocycles. The van der Waals surface area contributed by atoms with Crippen molar-refractivity contribution >= 4 is 29.1 Å². The predicted molar refractivity (Wildman–Crippen MR) is 117 cm³/mol. The number of rotatable bonds is 6. The van der Waals surface area contributed by atoms with Crippen LogP contribution in [0.2, 0.25) is 0 Å². The molecule has 0 unspecified atom stereocenters. The summed E-state index contributed by atoms with van der Waals surface area (Å²) in [5.74, 6) is -0.210. The lowest BCUT2D eigenvalue weighted by atomic mass is 10.0. The van der Waals surface area contributed by atoms with Gasteiger partial charge in [0.2, 0.25) is 11.8 Å². The summed E-state index contributed by atoms with van der Waals surface area (Å²) in [6.45, 7) is 3.00. The molecule has 0 spiro atoms. The lowest BCUT2D eigenvalue weighted by molar-refractivity contribution is -0.134. The molecule has 0 bridgehead atoms. The largest absolute Gasteiger partial charge is 0.351 e. The number of hydrogen-bond donors (Lipinski definition) is 1. The summed E-state index contributed by atoms with van der Waals surface area (Å²) < 4.78 is 1.78. The number of amides is 3. The number of thiophene rings is 1. The van der Waals surface area contributed by atoms with Crippen LogP contribution in [-0.4, -0.2) is 56.9 Å². The highest BCUT2D eigenvalue weighted by molar-refractivity contribution is 7.09. The molecule has 31 heavy (non-hydrogen) atoms. The van der Waals surface area contributed by atoms with Crippen molar-refractivity contribution in [2.24, 2.45) is 7.05 Å². The third kappa shape index (κ3) is 4.98. The number of nitrogens with zero attached hydrogens (tertiary/aromatic N) is 4. The number of nitrogens with one attached hydrogen (secondary N) is 1. The van der Waals surface area contributed by atoms with Crippen LogP contribution in [0.15, 0.2) is 17.5 Å². The van der Waals surface area contributed by atoms with E-state index < -0.39 is 0 Å². The average molecular weight is 444 g/mol. The van der Waals surface area contributed by atoms with Crippen LogP contribution in [0.5, 0.6) is 0 Å². The van der Waals surface area contributed by atoms with Crippen LogP contribution in [0, 0.1) is 0 Å². The Kier molecular flexibility index (Phi) is 6.70. The van der Waals surface area contributed by atoms with Gasteiger partial charge in [-0.25, -0.2) is 0 Å². The summed E-state index contributed by atoms with van der Waals surface area (Å²) in [5.41, 5.74) is 2.36. The van der Waals surface area contributed by atoms with Crippen LogP contribution in [-0.2, 0) is 36.1 Å². The molecule has 1 fully saturated rings. The normalized spacial score (nSPS) is 16.2. The van der Waals surface area contributed by atoms with E-state index >= 15 is 0 Å². The maximum Gasteiger partial charge on any atom is 0.274 e. The second kappa shape index (κ2) is 9.64. The Morgan fingerprint density at radius 3 is 2.65 bits per heavy atom. The van der Waals surface area contributed by atoms with Crippen LogP contribution in [0.25, 0.3) is 0 Å². The van der Waals surface area contributed by atoms with Gasteiger partial charge in [0.05, 0.1) is 6.54 Å². The molecule has 1 N–H and O–H groups in total. The van der Waals surface area contributed by atoms with Crippen LogP contribution < -0.4 is 5.32 Å². The molecule has 2 aromatic heterocycles. The molecular formula is C22H29N5O3S. The van der Waals surface area contributed by atoms with Crippen molar-refractivity contribution < 1.29 is 14.4 Å². The fourth-order valence-corrected chi connectivity index (χ4v) is 4.93. The Bertz CT molecular complexity index is 947. The number of aryl methyl sites for hydroxylation is 1. The molecule has 0 atom stereocenters. The van der Waals surface area contributed by atoms with Gasteiger partial charge in [-0.2, -0.15) is 5.10 Å². The summed E-state index contributed by atoms with van der Waals surface area (Å²) in [6, 6.07) is 3.92. The van der Waals surface area contributed by atoms with E-state index in [1.54, 1.807) is 20.9 Å². The topological polar surface area (TPSA) is 87.5 Å². The minimum Gasteiger partial charge on any atom is -0.351 e. The lowest BCUT2D eigenvalue weighted by Gasteiger charge is -2.29. The first-order chi connectivity index (χ1) is 15.0. The molecule has 1 saturated heterocycles. The molecule has 9 heteroatoms. The van der Waals surface area contributed by atoms with Crippen molar-refractivity contribution in [3.05, 3.63) is 39.3 Å². The van der Waals surface area contributed by atoms with Crippen molar-refractivity contribution in [3.63, 3.8) is 0 Å². The monoisotopic (exact) mass is 443 g/mol. The number of carbonyl (C=O) groups excluding carboxylic acids is 3. The first-order valence-corrected chi connectivity index (χ1v) is 11.8. The van der Waals surface area contributed by atoms with E-state index in [4.69, 9.17) is 0 Å². The number of likely N-dealkylation sites (tertiary alicyclic amines) is 1. The van der Waals surface area contributed by atoms with Crippen molar-refractivity contribution in [1.82, 2.24) is 24.9 Å². The highest BCUT2D eigenvalue weighted by atomic mass is 32.1. The van der Waals surface area contributed by atoms with Crippen LogP contribution in [0.3, 0.4) is 0 Å². The Labute approximate surface area is 186 Å². The van der Waals surface area contributed by atoms with E-state index in [9.17, 15) is 14.4 Å². The SMILES string of the molecule is Cn1nc(C(=O)N2CCCCC2)c2c1CCN(C(=O)CCC(=O)NCc1cccs1)C2. The number of fused-ring (bicyclic) bond motifs is 1. The number of aromatic nitrogens is 2. The van der Waals surface area contributed by atoms with Gasteiger partial charge in [0.1, 0.15) is 0 Å². The Balaban J connectivity index is 1.34. The zero-order valence-electron chi connectivity index (χ0n) is 17.9. The molecule has 0 aromatic carbocycles. The molecule has 8 nitrogen and oxygen atoms in total. The third-order valence-electron chi connectivity index (χ3n) is 6.05. The maximum absolute atomic E-state index is 13.0. The van der Waals surface area contributed by atoms with Crippen molar-refractivity contribution in [2.75, 3.05) is 19.6 Å². The fourth-order valence-electron chi connectivity index (χ4n) is 4.29. The Morgan fingerprint density at radius 2 is 1.90 bits per heavy atom. The minimum absolute atomic E-state index is 0.0289. The molecule has 0 aliphatic carbocycles. The molecule has 0 radical (unpaired) electrons. The van der Waals surface area contributed by atoms with Gasteiger partial charge in [-0.05, 0) is 30.7 Å². The van der Waals surface area contributed by atoms with Gasteiger partial charge in [0, 0.05) is 68.6 Å². The quantitative estimate of drug-likeness (QED) is 0.741. The zero-order valence-corrected chi connectivity index (χ0v) is 18.7. The number of carbonyl (C=O) groups is 3. The molecule has 166 valence electrons. The Morgan fingerprint density at radius 1 is 1.10 bits per heavy atom. The summed E-state index contributed by atoms with van der Waals surface area (Å²) in [4.78, 5) is 42.6. The van der Waals surface area contributed by atoms with Gasteiger partial charge in [-0.15, -0.1) is 11.3 Å². The number of piperidine rings is 1. The highest BCUT2D eigenvalue weighted by Gasteiger charge is 2.31. The second-order valence-electron chi connectivity index (χ2n) is 8.17. The first-order valence-electron chi connectivity index (χ1n) is 10.9. The molecule has 2 aliphatic heterocycles. The zero-order chi connectivity index (χ0) is 21.8. The van der Waals surface area contributed by atoms with Gasteiger partial charge in [0.15, 0.2) is 5.69 Å². The van der Waals surface area contributed by atoms with Gasteiger partial charge in [-0.1, -0.05) is 6.07 Å². The predicted octanol–water partition coefficient (Wildman–Crippen LogP) is 2.09. The van der Waals surface area contributed by atoms with E-state index in [0.29, 0.717) is 31.7 Å². The third-order valence-corrected chi connectivity index (χ3v) is 6.92. The summed E-state index contributed by atoms with van der Waals surface area (Å²) >= 11 is 1.59. The standard InChI is InChI=1S/C22H29N5O3S/c1-25-18-9-12-27(20(29)8-7-19(28)23-14-16-6-5-13-31-16)15-17(18)21(24-25)22(30)26-10-3-2-4-11-26/h5-6,13H,2-4,7-12,14-15H2,1H3,(H,23,28). The molecule has 2 aromatic rings. The molecular weight excluding hydrogens is 414 g/mol. The van der Waals surface area contributed by atoms with Crippen LogP contribution in [0.4, 0.5) is 0 Å². The lowest BCUT2D eigenvalue weighted by Crippen LogP contribution is -2.39. The summed E-state index contributed by atoms with van der Waals surface area (Å²) in [6.07, 6.45) is 4.22. The van der Waals surface area contributed by atoms with E-state index in [-0.39, 0.29) is 30.6 Å². The maximum atomic E-state index is 13.0.